The van der Waals surface area contributed by atoms with Crippen LogP contribution >= 0.6 is 11.6 Å². The third-order valence-electron chi connectivity index (χ3n) is 7.80. The number of piperidine rings is 1. The number of nitrogens with one attached hydrogen (secondary N) is 2. The van der Waals surface area contributed by atoms with Crippen LogP contribution in [0.5, 0.6) is 0 Å². The van der Waals surface area contributed by atoms with E-state index in [4.69, 9.17) is 11.6 Å². The van der Waals surface area contributed by atoms with E-state index >= 15 is 0 Å². The Morgan fingerprint density at radius 2 is 1.83 bits per heavy atom. The Kier molecular flexibility index (Phi) is 8.42. The number of likely N-dealkylation sites (tertiary alicyclic amines) is 1. The molecule has 42 heavy (non-hydrogen) atoms. The van der Waals surface area contributed by atoms with Crippen LogP contribution in [0.4, 0.5) is 11.4 Å². The molecule has 0 unspecified atom stereocenters. The van der Waals surface area contributed by atoms with Gasteiger partial charge in [-0.15, -0.1) is 5.10 Å². The van der Waals surface area contributed by atoms with E-state index in [0.29, 0.717) is 33.2 Å². The summed E-state index contributed by atoms with van der Waals surface area (Å²) in [5.41, 5.74) is 3.30. The fraction of sp³-hybridized carbons (Fsp3) is 0.438. The minimum absolute atomic E-state index is 0.162. The Morgan fingerprint density at radius 1 is 1.12 bits per heavy atom. The fourth-order valence-electron chi connectivity index (χ4n) is 5.47. The van der Waals surface area contributed by atoms with Gasteiger partial charge in [0.15, 0.2) is 0 Å². The SMILES string of the molecule is CC(C)(O)CNc1c(C#N)cnc2c(Cl)cc(N[C@@H](c3ccccc3)c3cn(C4CCN(C(C)(C)C)CC4)nn3)cc12. The lowest BCUT2D eigenvalue weighted by Gasteiger charge is -2.40. The second-order valence-electron chi connectivity index (χ2n) is 12.7. The molecule has 220 valence electrons. The minimum Gasteiger partial charge on any atom is -0.389 e. The number of rotatable bonds is 8. The van der Waals surface area contributed by atoms with Crippen molar-refractivity contribution in [1.82, 2.24) is 24.9 Å². The fourth-order valence-corrected chi connectivity index (χ4v) is 5.73. The number of fused-ring (bicyclic) bond motifs is 1. The van der Waals surface area contributed by atoms with Crippen molar-refractivity contribution < 1.29 is 5.11 Å². The molecule has 1 aliphatic rings. The third kappa shape index (κ3) is 6.67. The van der Waals surface area contributed by atoms with Gasteiger partial charge in [0.25, 0.3) is 0 Å². The first-order chi connectivity index (χ1) is 19.9. The van der Waals surface area contributed by atoms with Gasteiger partial charge in [0.05, 0.1) is 45.7 Å². The van der Waals surface area contributed by atoms with Gasteiger partial charge in [0.1, 0.15) is 11.8 Å². The van der Waals surface area contributed by atoms with Gasteiger partial charge >= 0.3 is 0 Å². The van der Waals surface area contributed by atoms with E-state index in [1.54, 1.807) is 13.8 Å². The Labute approximate surface area is 252 Å². The van der Waals surface area contributed by atoms with E-state index in [9.17, 15) is 10.4 Å². The number of aliphatic hydroxyl groups is 1. The zero-order valence-electron chi connectivity index (χ0n) is 24.9. The summed E-state index contributed by atoms with van der Waals surface area (Å²) in [7, 11) is 0. The first-order valence-electron chi connectivity index (χ1n) is 14.4. The van der Waals surface area contributed by atoms with E-state index in [1.165, 1.54) is 6.20 Å². The van der Waals surface area contributed by atoms with Crippen molar-refractivity contribution >= 4 is 33.9 Å². The Morgan fingerprint density at radius 3 is 2.48 bits per heavy atom. The average Bonchev–Trinajstić information content (AvgIpc) is 3.44. The smallest absolute Gasteiger partial charge is 0.109 e. The molecular formula is C32H39ClN8O. The van der Waals surface area contributed by atoms with Gasteiger partial charge in [0, 0.05) is 42.4 Å². The van der Waals surface area contributed by atoms with Gasteiger partial charge in [-0.1, -0.05) is 47.1 Å². The van der Waals surface area contributed by atoms with E-state index < -0.39 is 5.60 Å². The molecule has 4 aromatic rings. The monoisotopic (exact) mass is 586 g/mol. The maximum atomic E-state index is 10.3. The molecule has 3 heterocycles. The van der Waals surface area contributed by atoms with Crippen molar-refractivity contribution in [3.8, 4) is 6.07 Å². The minimum atomic E-state index is -0.977. The zero-order chi connectivity index (χ0) is 30.1. The maximum absolute atomic E-state index is 10.3. The molecular weight excluding hydrogens is 548 g/mol. The average molecular weight is 587 g/mol. The Hall–Kier alpha value is -3.71. The molecule has 2 aromatic carbocycles. The van der Waals surface area contributed by atoms with Crippen molar-refractivity contribution in [1.29, 1.82) is 5.26 Å². The Balaban J connectivity index is 1.48. The second-order valence-corrected chi connectivity index (χ2v) is 13.1. The van der Waals surface area contributed by atoms with E-state index in [0.717, 1.165) is 42.9 Å². The first kappa shape index (κ1) is 29.8. The molecule has 0 spiro atoms. The molecule has 3 N–H and O–H groups in total. The summed E-state index contributed by atoms with van der Waals surface area (Å²) in [5, 5.41) is 37.3. The number of hydrogen-bond donors (Lipinski definition) is 3. The van der Waals surface area contributed by atoms with Crippen LogP contribution < -0.4 is 10.6 Å². The summed E-state index contributed by atoms with van der Waals surface area (Å²) in [6.07, 6.45) is 5.61. The van der Waals surface area contributed by atoms with Crippen molar-refractivity contribution in [2.75, 3.05) is 30.3 Å². The highest BCUT2D eigenvalue weighted by Gasteiger charge is 2.29. The molecule has 2 aromatic heterocycles. The summed E-state index contributed by atoms with van der Waals surface area (Å²) < 4.78 is 2.02. The summed E-state index contributed by atoms with van der Waals surface area (Å²) in [5.74, 6) is 0. The second kappa shape index (κ2) is 11.9. The van der Waals surface area contributed by atoms with E-state index in [1.807, 2.05) is 35.0 Å². The topological polar surface area (TPSA) is 115 Å². The summed E-state index contributed by atoms with van der Waals surface area (Å²) in [6, 6.07) is 16.1. The molecule has 0 saturated carbocycles. The van der Waals surface area contributed by atoms with Gasteiger partial charge < -0.3 is 15.7 Å². The predicted octanol–water partition coefficient (Wildman–Crippen LogP) is 6.17. The van der Waals surface area contributed by atoms with Crippen LogP contribution in [0.2, 0.25) is 5.02 Å². The number of nitriles is 1. The molecule has 1 saturated heterocycles. The molecule has 1 fully saturated rings. The Bertz CT molecular complexity index is 1570. The number of anilines is 2. The van der Waals surface area contributed by atoms with E-state index in [-0.39, 0.29) is 18.1 Å². The van der Waals surface area contributed by atoms with Crippen LogP contribution in [0.1, 0.15) is 76.4 Å². The van der Waals surface area contributed by atoms with Gasteiger partial charge in [0.2, 0.25) is 0 Å². The number of aromatic nitrogens is 4. The molecule has 0 aliphatic carbocycles. The highest BCUT2D eigenvalue weighted by molar-refractivity contribution is 6.35. The van der Waals surface area contributed by atoms with Gasteiger partial charge in [-0.3, -0.25) is 9.88 Å². The van der Waals surface area contributed by atoms with Crippen LogP contribution in [0, 0.1) is 11.3 Å². The molecule has 1 atom stereocenters. The van der Waals surface area contributed by atoms with Crippen LogP contribution in [0.3, 0.4) is 0 Å². The van der Waals surface area contributed by atoms with Crippen LogP contribution in [0.25, 0.3) is 10.9 Å². The standard InChI is InChI=1S/C32H39ClN8O/c1-31(2,3)40-13-11-24(12-14-40)41-19-27(38-39-41)29(21-9-7-6-8-10-21)37-23-15-25-28(36-20-32(4,5)42)22(17-34)18-35-30(25)26(33)16-23/h6-10,15-16,18-19,24,29,37,42H,11-14,20H2,1-5H3,(H,35,36)/t29-/m0/s1. The van der Waals surface area contributed by atoms with E-state index in [2.05, 4.69) is 76.0 Å². The molecule has 0 radical (unpaired) electrons. The number of benzene rings is 2. The lowest BCUT2D eigenvalue weighted by molar-refractivity contribution is 0.0865. The first-order valence-corrected chi connectivity index (χ1v) is 14.8. The highest BCUT2D eigenvalue weighted by Crippen LogP contribution is 2.36. The lowest BCUT2D eigenvalue weighted by Crippen LogP contribution is -2.46. The number of hydrogen-bond acceptors (Lipinski definition) is 8. The van der Waals surface area contributed by atoms with Crippen molar-refractivity contribution in [3.63, 3.8) is 0 Å². The third-order valence-corrected chi connectivity index (χ3v) is 8.09. The lowest BCUT2D eigenvalue weighted by atomic mass is 9.98. The van der Waals surface area contributed by atoms with Crippen molar-refractivity contribution in [2.24, 2.45) is 0 Å². The molecule has 5 rings (SSSR count). The summed E-state index contributed by atoms with van der Waals surface area (Å²) in [4.78, 5) is 6.98. The predicted molar refractivity (Wildman–Crippen MR) is 168 cm³/mol. The normalized spacial score (nSPS) is 15.9. The zero-order valence-corrected chi connectivity index (χ0v) is 25.7. The molecule has 10 heteroatoms. The molecule has 9 nitrogen and oxygen atoms in total. The van der Waals surface area contributed by atoms with Gasteiger partial charge in [-0.05, 0) is 65.2 Å². The quantitative estimate of drug-likeness (QED) is 0.224. The van der Waals surface area contributed by atoms with Gasteiger partial charge in [-0.2, -0.15) is 5.26 Å². The van der Waals surface area contributed by atoms with Crippen molar-refractivity contribution in [3.05, 3.63) is 76.7 Å². The molecule has 0 amide bonds. The number of halogens is 1. The summed E-state index contributed by atoms with van der Waals surface area (Å²) in [6.45, 7) is 12.5. The molecule has 1 aliphatic heterocycles. The van der Waals surface area contributed by atoms with Crippen LogP contribution in [-0.4, -0.2) is 60.8 Å². The van der Waals surface area contributed by atoms with Crippen LogP contribution in [0.15, 0.2) is 54.9 Å². The summed E-state index contributed by atoms with van der Waals surface area (Å²) >= 11 is 6.75. The van der Waals surface area contributed by atoms with Gasteiger partial charge in [-0.25, -0.2) is 4.68 Å². The molecule has 0 bridgehead atoms. The van der Waals surface area contributed by atoms with Crippen LogP contribution in [-0.2, 0) is 0 Å². The number of nitrogens with zero attached hydrogens (tertiary/aromatic N) is 6. The number of pyridine rings is 1. The largest absolute Gasteiger partial charge is 0.389 e. The highest BCUT2D eigenvalue weighted by atomic mass is 35.5. The van der Waals surface area contributed by atoms with Crippen molar-refractivity contribution in [2.45, 2.75) is 70.7 Å². The maximum Gasteiger partial charge on any atom is 0.109 e.